The fourth-order valence-corrected chi connectivity index (χ4v) is 4.22. The van der Waals surface area contributed by atoms with Crippen LogP contribution in [0.5, 0.6) is 5.75 Å². The summed E-state index contributed by atoms with van der Waals surface area (Å²) in [4.78, 5) is 4.09. The van der Waals surface area contributed by atoms with Gasteiger partial charge in [-0.05, 0) is 37.5 Å². The number of aromatic nitrogens is 1. The Balaban J connectivity index is 1.88. The summed E-state index contributed by atoms with van der Waals surface area (Å²) in [6.45, 7) is 9.23. The number of rotatable bonds is 2. The molecule has 0 radical (unpaired) electrons. The zero-order valence-corrected chi connectivity index (χ0v) is 12.9. The van der Waals surface area contributed by atoms with Crippen LogP contribution >= 0.6 is 11.6 Å². The lowest BCUT2D eigenvalue weighted by atomic mass is 9.70. The summed E-state index contributed by atoms with van der Waals surface area (Å²) in [5, 5.41) is 0.508. The van der Waals surface area contributed by atoms with E-state index in [1.807, 2.05) is 13.0 Å². The maximum absolute atomic E-state index is 6.34. The highest BCUT2D eigenvalue weighted by Gasteiger charge is 2.62. The van der Waals surface area contributed by atoms with Crippen molar-refractivity contribution in [3.8, 4) is 5.75 Å². The minimum atomic E-state index is 0.278. The van der Waals surface area contributed by atoms with Gasteiger partial charge in [0, 0.05) is 23.2 Å². The van der Waals surface area contributed by atoms with Crippen LogP contribution in [0.1, 0.15) is 45.6 Å². The molecule has 0 spiro atoms. The standard InChI is InChI=1S/C16H22ClNO/c1-10-9-18-14(17)8-12(10)19-13-7-11-5-6-16(13,4)15(11,2)3/h8-9,11,13H,5-7H2,1-4H3. The smallest absolute Gasteiger partial charge is 0.132 e. The third kappa shape index (κ3) is 1.79. The first-order chi connectivity index (χ1) is 8.84. The number of pyridine rings is 1. The van der Waals surface area contributed by atoms with E-state index in [4.69, 9.17) is 16.3 Å². The molecule has 0 saturated heterocycles. The quantitative estimate of drug-likeness (QED) is 0.736. The van der Waals surface area contributed by atoms with Crippen LogP contribution in [0.3, 0.4) is 0 Å². The molecular formula is C16H22ClNO. The SMILES string of the molecule is Cc1cnc(Cl)cc1OC1CC2CCC1(C)C2(C)C. The van der Waals surface area contributed by atoms with Gasteiger partial charge in [0.25, 0.3) is 0 Å². The summed E-state index contributed by atoms with van der Waals surface area (Å²) >= 11 is 5.98. The van der Waals surface area contributed by atoms with E-state index in [1.54, 1.807) is 6.20 Å². The predicted octanol–water partition coefficient (Wildman–Crippen LogP) is 4.64. The van der Waals surface area contributed by atoms with Crippen LogP contribution in [-0.4, -0.2) is 11.1 Å². The van der Waals surface area contributed by atoms with Gasteiger partial charge in [0.2, 0.25) is 0 Å². The summed E-state index contributed by atoms with van der Waals surface area (Å²) in [6, 6.07) is 1.85. The number of aryl methyl sites for hydroxylation is 1. The lowest BCUT2D eigenvalue weighted by Crippen LogP contribution is -2.39. The number of hydrogen-bond acceptors (Lipinski definition) is 2. The zero-order chi connectivity index (χ0) is 13.8. The monoisotopic (exact) mass is 279 g/mol. The molecule has 2 aliphatic rings. The zero-order valence-electron chi connectivity index (χ0n) is 12.2. The number of hydrogen-bond donors (Lipinski definition) is 0. The van der Waals surface area contributed by atoms with Crippen molar-refractivity contribution in [1.29, 1.82) is 0 Å². The summed E-state index contributed by atoms with van der Waals surface area (Å²) in [5.41, 5.74) is 1.72. The first-order valence-electron chi connectivity index (χ1n) is 7.13. The molecule has 1 aromatic rings. The van der Waals surface area contributed by atoms with Gasteiger partial charge in [-0.3, -0.25) is 0 Å². The van der Waals surface area contributed by atoms with Gasteiger partial charge < -0.3 is 4.74 Å². The molecule has 3 unspecified atom stereocenters. The van der Waals surface area contributed by atoms with E-state index in [0.29, 0.717) is 16.7 Å². The maximum atomic E-state index is 6.34. The average Bonchev–Trinajstić information content (AvgIpc) is 2.67. The Bertz CT molecular complexity index is 513. The van der Waals surface area contributed by atoms with E-state index in [9.17, 15) is 0 Å². The Morgan fingerprint density at radius 1 is 1.37 bits per heavy atom. The molecule has 0 amide bonds. The van der Waals surface area contributed by atoms with Crippen molar-refractivity contribution in [2.45, 2.75) is 53.1 Å². The lowest BCUT2D eigenvalue weighted by molar-refractivity contribution is 0.0297. The fourth-order valence-electron chi connectivity index (χ4n) is 4.07. The van der Waals surface area contributed by atoms with Gasteiger partial charge in [0.15, 0.2) is 0 Å². The van der Waals surface area contributed by atoms with Gasteiger partial charge in [-0.15, -0.1) is 0 Å². The van der Waals surface area contributed by atoms with Gasteiger partial charge in [-0.25, -0.2) is 4.98 Å². The third-order valence-electron chi connectivity index (χ3n) is 6.00. The van der Waals surface area contributed by atoms with Crippen LogP contribution in [-0.2, 0) is 0 Å². The van der Waals surface area contributed by atoms with Crippen LogP contribution in [0.25, 0.3) is 0 Å². The van der Waals surface area contributed by atoms with Crippen LogP contribution in [0.15, 0.2) is 12.3 Å². The molecule has 2 aliphatic carbocycles. The highest BCUT2D eigenvalue weighted by Crippen LogP contribution is 2.66. The van der Waals surface area contributed by atoms with Crippen LogP contribution in [0, 0.1) is 23.7 Å². The van der Waals surface area contributed by atoms with E-state index < -0.39 is 0 Å². The molecule has 2 saturated carbocycles. The van der Waals surface area contributed by atoms with Gasteiger partial charge in [-0.2, -0.15) is 0 Å². The molecule has 2 nitrogen and oxygen atoms in total. The van der Waals surface area contributed by atoms with Crippen LogP contribution in [0.4, 0.5) is 0 Å². The van der Waals surface area contributed by atoms with Crippen molar-refractivity contribution in [3.05, 3.63) is 23.0 Å². The van der Waals surface area contributed by atoms with Crippen molar-refractivity contribution in [3.63, 3.8) is 0 Å². The normalized spacial score (nSPS) is 35.6. The first-order valence-corrected chi connectivity index (χ1v) is 7.51. The number of fused-ring (bicyclic) bond motifs is 2. The second-order valence-corrected chi connectivity index (χ2v) is 7.38. The van der Waals surface area contributed by atoms with E-state index in [2.05, 4.69) is 25.8 Å². The Labute approximate surface area is 120 Å². The van der Waals surface area contributed by atoms with Crippen molar-refractivity contribution >= 4 is 11.6 Å². The summed E-state index contributed by atoms with van der Waals surface area (Å²) in [6.07, 6.45) is 5.88. The summed E-state index contributed by atoms with van der Waals surface area (Å²) in [7, 11) is 0. The van der Waals surface area contributed by atoms with Crippen molar-refractivity contribution in [1.82, 2.24) is 4.98 Å². The Morgan fingerprint density at radius 2 is 2.11 bits per heavy atom. The second kappa shape index (κ2) is 4.12. The molecule has 0 aliphatic heterocycles. The number of halogens is 1. The van der Waals surface area contributed by atoms with Gasteiger partial charge in [0.05, 0.1) is 0 Å². The largest absolute Gasteiger partial charge is 0.489 e. The highest BCUT2D eigenvalue weighted by molar-refractivity contribution is 6.29. The van der Waals surface area contributed by atoms with Crippen molar-refractivity contribution < 1.29 is 4.74 Å². The molecule has 0 aromatic carbocycles. The molecule has 2 fully saturated rings. The van der Waals surface area contributed by atoms with E-state index in [-0.39, 0.29) is 5.41 Å². The third-order valence-corrected chi connectivity index (χ3v) is 6.21. The minimum absolute atomic E-state index is 0.278. The summed E-state index contributed by atoms with van der Waals surface area (Å²) in [5.74, 6) is 1.69. The molecule has 2 bridgehead atoms. The molecule has 19 heavy (non-hydrogen) atoms. The molecule has 3 heteroatoms. The lowest BCUT2D eigenvalue weighted by Gasteiger charge is -2.39. The molecule has 1 aromatic heterocycles. The Hall–Kier alpha value is -0.760. The van der Waals surface area contributed by atoms with Gasteiger partial charge >= 0.3 is 0 Å². The molecule has 104 valence electrons. The van der Waals surface area contributed by atoms with Crippen molar-refractivity contribution in [2.75, 3.05) is 0 Å². The minimum Gasteiger partial charge on any atom is -0.489 e. The highest BCUT2D eigenvalue weighted by atomic mass is 35.5. The Morgan fingerprint density at radius 3 is 2.68 bits per heavy atom. The average molecular weight is 280 g/mol. The second-order valence-electron chi connectivity index (χ2n) is 6.99. The van der Waals surface area contributed by atoms with Gasteiger partial charge in [0.1, 0.15) is 17.0 Å². The fraction of sp³-hybridized carbons (Fsp3) is 0.688. The predicted molar refractivity (Wildman–Crippen MR) is 77.6 cm³/mol. The first kappa shape index (κ1) is 13.2. The summed E-state index contributed by atoms with van der Waals surface area (Å²) < 4.78 is 6.34. The van der Waals surface area contributed by atoms with Gasteiger partial charge in [-0.1, -0.05) is 32.4 Å². The number of nitrogens with zero attached hydrogens (tertiary/aromatic N) is 1. The van der Waals surface area contributed by atoms with E-state index in [1.165, 1.54) is 19.3 Å². The van der Waals surface area contributed by atoms with E-state index in [0.717, 1.165) is 17.2 Å². The molecular weight excluding hydrogens is 258 g/mol. The molecule has 0 N–H and O–H groups in total. The number of ether oxygens (including phenoxy) is 1. The molecule has 3 atom stereocenters. The van der Waals surface area contributed by atoms with E-state index >= 15 is 0 Å². The van der Waals surface area contributed by atoms with Crippen molar-refractivity contribution in [2.24, 2.45) is 16.7 Å². The van der Waals surface area contributed by atoms with Crippen LogP contribution in [0.2, 0.25) is 5.15 Å². The molecule has 1 heterocycles. The van der Waals surface area contributed by atoms with Crippen LogP contribution < -0.4 is 4.74 Å². The maximum Gasteiger partial charge on any atom is 0.132 e. The molecule has 3 rings (SSSR count). The Kier molecular flexibility index (Phi) is 2.87. The topological polar surface area (TPSA) is 22.1 Å².